The molecule has 3 aliphatic rings. The predicted octanol–water partition coefficient (Wildman–Crippen LogP) is 5.14. The zero-order chi connectivity index (χ0) is 18.7. The number of nitrogens with zero attached hydrogens (tertiary/aromatic N) is 1. The Kier molecular flexibility index (Phi) is 6.53. The van der Waals surface area contributed by atoms with Crippen molar-refractivity contribution in [1.82, 2.24) is 0 Å². The second-order valence-electron chi connectivity index (χ2n) is 8.72. The van der Waals surface area contributed by atoms with E-state index in [4.69, 9.17) is 10.00 Å². The fourth-order valence-electron chi connectivity index (χ4n) is 5.51. The first-order valence-corrected chi connectivity index (χ1v) is 10.4. The minimum absolute atomic E-state index is 0.0537. The first-order valence-electron chi connectivity index (χ1n) is 10.4. The van der Waals surface area contributed by atoms with Crippen LogP contribution in [-0.2, 0) is 9.53 Å². The van der Waals surface area contributed by atoms with Crippen LogP contribution in [-0.4, -0.2) is 24.4 Å². The van der Waals surface area contributed by atoms with Gasteiger partial charge in [-0.1, -0.05) is 26.2 Å². The number of hydrogen-bond donors (Lipinski definition) is 0. The predicted molar refractivity (Wildman–Crippen MR) is 94.6 cm³/mol. The van der Waals surface area contributed by atoms with Gasteiger partial charge in [-0.25, -0.2) is 8.78 Å². The molecule has 26 heavy (non-hydrogen) atoms. The highest BCUT2D eigenvalue weighted by Crippen LogP contribution is 2.46. The van der Waals surface area contributed by atoms with Gasteiger partial charge >= 0.3 is 5.97 Å². The standard InChI is InChI=1S/C21H31F2NO2/c1-2-3-13-4-5-15-9-16(7-6-14(15)8-13)21(25)26-17-10-19(22)18(12-24)20(23)11-17/h13-20H,2-11H2,1H3. The van der Waals surface area contributed by atoms with Crippen LogP contribution in [0.3, 0.4) is 0 Å². The quantitative estimate of drug-likeness (QED) is 0.646. The monoisotopic (exact) mass is 367 g/mol. The third kappa shape index (κ3) is 4.38. The van der Waals surface area contributed by atoms with E-state index in [0.717, 1.165) is 31.1 Å². The van der Waals surface area contributed by atoms with E-state index in [1.165, 1.54) is 32.1 Å². The van der Waals surface area contributed by atoms with Crippen LogP contribution in [0.25, 0.3) is 0 Å². The van der Waals surface area contributed by atoms with Crippen LogP contribution in [0.15, 0.2) is 0 Å². The SMILES string of the molecule is CCCC1CCC2CC(C(=O)OC3CC(F)C(C#N)C(F)C3)CCC2C1. The normalized spacial score (nSPS) is 43.2. The number of carbonyl (C=O) groups excluding carboxylic acids is 1. The summed E-state index contributed by atoms with van der Waals surface area (Å²) in [7, 11) is 0. The van der Waals surface area contributed by atoms with Crippen molar-refractivity contribution in [1.29, 1.82) is 5.26 Å². The van der Waals surface area contributed by atoms with E-state index in [1.54, 1.807) is 6.07 Å². The minimum atomic E-state index is -1.55. The summed E-state index contributed by atoms with van der Waals surface area (Å²) in [6, 6.07) is 1.69. The number of nitriles is 1. The first kappa shape index (κ1) is 19.6. The number of ether oxygens (including phenoxy) is 1. The Hall–Kier alpha value is -1.18. The van der Waals surface area contributed by atoms with Crippen molar-refractivity contribution >= 4 is 5.97 Å². The van der Waals surface area contributed by atoms with Crippen LogP contribution in [0.2, 0.25) is 0 Å². The molecule has 3 saturated carbocycles. The highest BCUT2D eigenvalue weighted by atomic mass is 19.1. The van der Waals surface area contributed by atoms with Crippen molar-refractivity contribution < 1.29 is 18.3 Å². The fraction of sp³-hybridized carbons (Fsp3) is 0.905. The second kappa shape index (κ2) is 8.67. The summed E-state index contributed by atoms with van der Waals surface area (Å²) < 4.78 is 33.3. The Balaban J connectivity index is 1.49. The number of halogens is 2. The van der Waals surface area contributed by atoms with E-state index in [-0.39, 0.29) is 24.7 Å². The van der Waals surface area contributed by atoms with E-state index in [2.05, 4.69) is 6.92 Å². The van der Waals surface area contributed by atoms with Gasteiger partial charge in [-0.2, -0.15) is 5.26 Å². The molecule has 5 heteroatoms. The fourth-order valence-corrected chi connectivity index (χ4v) is 5.51. The lowest BCUT2D eigenvalue weighted by molar-refractivity contribution is -0.161. The summed E-state index contributed by atoms with van der Waals surface area (Å²) in [4.78, 5) is 12.5. The van der Waals surface area contributed by atoms with Crippen molar-refractivity contribution in [2.24, 2.45) is 29.6 Å². The average molecular weight is 367 g/mol. The molecule has 0 amide bonds. The van der Waals surface area contributed by atoms with E-state index < -0.39 is 24.4 Å². The van der Waals surface area contributed by atoms with Gasteiger partial charge < -0.3 is 4.74 Å². The number of alkyl halides is 2. The summed E-state index contributed by atoms with van der Waals surface area (Å²) in [5, 5.41) is 8.83. The Morgan fingerprint density at radius 2 is 1.69 bits per heavy atom. The molecule has 0 N–H and O–H groups in total. The molecule has 3 fully saturated rings. The molecule has 0 aromatic carbocycles. The van der Waals surface area contributed by atoms with E-state index >= 15 is 0 Å². The molecule has 3 nitrogen and oxygen atoms in total. The van der Waals surface area contributed by atoms with Gasteiger partial charge in [0, 0.05) is 12.8 Å². The molecule has 3 rings (SSSR count). The second-order valence-corrected chi connectivity index (χ2v) is 8.72. The van der Waals surface area contributed by atoms with E-state index in [1.807, 2.05) is 0 Å². The molecule has 0 aromatic rings. The van der Waals surface area contributed by atoms with Crippen LogP contribution >= 0.6 is 0 Å². The van der Waals surface area contributed by atoms with E-state index in [9.17, 15) is 13.6 Å². The van der Waals surface area contributed by atoms with Gasteiger partial charge in [0.05, 0.1) is 12.0 Å². The summed E-state index contributed by atoms with van der Waals surface area (Å²) in [5.74, 6) is 0.567. The minimum Gasteiger partial charge on any atom is -0.462 e. The Morgan fingerprint density at radius 1 is 1.04 bits per heavy atom. The lowest BCUT2D eigenvalue weighted by atomic mass is 9.64. The van der Waals surface area contributed by atoms with Crippen LogP contribution in [0.1, 0.15) is 71.1 Å². The van der Waals surface area contributed by atoms with Crippen molar-refractivity contribution in [3.05, 3.63) is 0 Å². The number of carbonyl (C=O) groups is 1. The number of fused-ring (bicyclic) bond motifs is 1. The van der Waals surface area contributed by atoms with Gasteiger partial charge in [-0.15, -0.1) is 0 Å². The first-order chi connectivity index (χ1) is 12.5. The number of rotatable bonds is 4. The van der Waals surface area contributed by atoms with Gasteiger partial charge in [0.25, 0.3) is 0 Å². The van der Waals surface area contributed by atoms with Gasteiger partial charge in [0.15, 0.2) is 0 Å². The molecule has 0 bridgehead atoms. The zero-order valence-electron chi connectivity index (χ0n) is 15.7. The lowest BCUT2D eigenvalue weighted by Crippen LogP contribution is -2.41. The maximum absolute atomic E-state index is 13.9. The maximum atomic E-state index is 13.9. The zero-order valence-corrected chi connectivity index (χ0v) is 15.7. The molecule has 146 valence electrons. The highest BCUT2D eigenvalue weighted by Gasteiger charge is 2.42. The van der Waals surface area contributed by atoms with Gasteiger partial charge in [-0.3, -0.25) is 4.79 Å². The molecule has 6 atom stereocenters. The molecule has 3 aliphatic carbocycles. The molecule has 0 aliphatic heterocycles. The Morgan fingerprint density at radius 3 is 2.35 bits per heavy atom. The van der Waals surface area contributed by atoms with Crippen LogP contribution in [0, 0.1) is 40.9 Å². The number of hydrogen-bond acceptors (Lipinski definition) is 3. The molecule has 0 heterocycles. The Bertz CT molecular complexity index is 523. The van der Waals surface area contributed by atoms with Crippen molar-refractivity contribution in [3.63, 3.8) is 0 Å². The summed E-state index contributed by atoms with van der Waals surface area (Å²) in [6.07, 6.45) is 5.17. The third-order valence-electron chi connectivity index (χ3n) is 6.94. The molecule has 0 aromatic heterocycles. The Labute approximate surface area is 155 Å². The third-order valence-corrected chi connectivity index (χ3v) is 6.94. The average Bonchev–Trinajstić information content (AvgIpc) is 2.61. The molecule has 0 radical (unpaired) electrons. The van der Waals surface area contributed by atoms with Crippen LogP contribution in [0.5, 0.6) is 0 Å². The van der Waals surface area contributed by atoms with Gasteiger partial charge in [0.2, 0.25) is 0 Å². The van der Waals surface area contributed by atoms with Gasteiger partial charge in [-0.05, 0) is 49.9 Å². The maximum Gasteiger partial charge on any atom is 0.309 e. The highest BCUT2D eigenvalue weighted by molar-refractivity contribution is 5.72. The van der Waals surface area contributed by atoms with Crippen molar-refractivity contribution in [2.75, 3.05) is 0 Å². The van der Waals surface area contributed by atoms with Gasteiger partial charge in [0.1, 0.15) is 24.4 Å². The summed E-state index contributed by atoms with van der Waals surface area (Å²) in [6.45, 7) is 2.24. The molecule has 0 spiro atoms. The topological polar surface area (TPSA) is 50.1 Å². The molecular formula is C21H31F2NO2. The molecule has 6 unspecified atom stereocenters. The van der Waals surface area contributed by atoms with E-state index in [0.29, 0.717) is 5.92 Å². The molecular weight excluding hydrogens is 336 g/mol. The van der Waals surface area contributed by atoms with Crippen LogP contribution in [0.4, 0.5) is 8.78 Å². The van der Waals surface area contributed by atoms with Crippen molar-refractivity contribution in [2.45, 2.75) is 89.6 Å². The summed E-state index contributed by atoms with van der Waals surface area (Å²) >= 11 is 0. The largest absolute Gasteiger partial charge is 0.462 e. The lowest BCUT2D eigenvalue weighted by Gasteiger charge is -2.42. The smallest absolute Gasteiger partial charge is 0.309 e. The summed E-state index contributed by atoms with van der Waals surface area (Å²) in [5.41, 5.74) is 0. The number of esters is 1. The van der Waals surface area contributed by atoms with Crippen molar-refractivity contribution in [3.8, 4) is 6.07 Å². The molecule has 0 saturated heterocycles. The van der Waals surface area contributed by atoms with Crippen LogP contribution < -0.4 is 0 Å².